The fraction of sp³-hybridized carbons (Fsp3) is 0.731. The predicted molar refractivity (Wildman–Crippen MR) is 137 cm³/mol. The molecule has 8 nitrogen and oxygen atoms in total. The maximum absolute atomic E-state index is 13.1. The number of carbonyl (C=O) groups is 1. The molecule has 0 N–H and O–H groups in total. The number of rotatable bonds is 12. The van der Waals surface area contributed by atoms with Gasteiger partial charge in [0.15, 0.2) is 0 Å². The maximum atomic E-state index is 13.1. The minimum absolute atomic E-state index is 0.0279. The summed E-state index contributed by atoms with van der Waals surface area (Å²) >= 11 is 0. The molecule has 9 heteroatoms. The third kappa shape index (κ3) is 7.18. The van der Waals surface area contributed by atoms with Gasteiger partial charge in [-0.15, -0.1) is 0 Å². The second kappa shape index (κ2) is 12.5. The summed E-state index contributed by atoms with van der Waals surface area (Å²) in [6.07, 6.45) is 7.09. The van der Waals surface area contributed by atoms with Gasteiger partial charge in [-0.05, 0) is 101 Å². The van der Waals surface area contributed by atoms with Gasteiger partial charge in [0.1, 0.15) is 12.4 Å². The minimum atomic E-state index is -3.67. The molecule has 1 aromatic carbocycles. The van der Waals surface area contributed by atoms with Crippen LogP contribution in [-0.4, -0.2) is 95.1 Å². The van der Waals surface area contributed by atoms with Crippen LogP contribution in [0.4, 0.5) is 0 Å². The average molecular weight is 510 g/mol. The summed E-state index contributed by atoms with van der Waals surface area (Å²) in [5.41, 5.74) is 1.28. The topological polar surface area (TPSA) is 79.4 Å². The van der Waals surface area contributed by atoms with Crippen LogP contribution >= 0.6 is 0 Å². The normalized spacial score (nSPS) is 21.1. The Labute approximate surface area is 211 Å². The fourth-order valence-corrected chi connectivity index (χ4v) is 6.72. The number of hydrogen-bond acceptors (Lipinski definition) is 6. The van der Waals surface area contributed by atoms with Crippen molar-refractivity contribution in [1.29, 1.82) is 0 Å². The Morgan fingerprint density at radius 1 is 1.09 bits per heavy atom. The van der Waals surface area contributed by atoms with E-state index in [2.05, 4.69) is 4.90 Å². The van der Waals surface area contributed by atoms with Crippen molar-refractivity contribution in [1.82, 2.24) is 14.1 Å². The van der Waals surface area contributed by atoms with Crippen LogP contribution in [0.5, 0.6) is 5.75 Å². The number of benzene rings is 1. The van der Waals surface area contributed by atoms with Crippen molar-refractivity contribution in [3.05, 3.63) is 23.3 Å². The quantitative estimate of drug-likeness (QED) is 0.403. The van der Waals surface area contributed by atoms with Gasteiger partial charge in [0.05, 0.1) is 18.6 Å². The lowest BCUT2D eigenvalue weighted by Crippen LogP contribution is -2.42. The van der Waals surface area contributed by atoms with Crippen molar-refractivity contribution in [2.75, 3.05) is 60.6 Å². The van der Waals surface area contributed by atoms with Crippen LogP contribution in [-0.2, 0) is 19.6 Å². The maximum Gasteiger partial charge on any atom is 0.248 e. The molecular formula is C26H43N3O5S. The molecule has 0 bridgehead atoms. The number of sulfonamides is 1. The Bertz CT molecular complexity index is 933. The molecule has 2 aliphatic rings. The first-order valence-electron chi connectivity index (χ1n) is 12.8. The molecule has 1 aliphatic carbocycles. The number of amides is 1. The second-order valence-corrected chi connectivity index (χ2v) is 12.1. The molecule has 35 heavy (non-hydrogen) atoms. The lowest BCUT2D eigenvalue weighted by molar-refractivity contribution is -0.137. The zero-order chi connectivity index (χ0) is 25.6. The van der Waals surface area contributed by atoms with E-state index in [4.69, 9.17) is 9.47 Å². The van der Waals surface area contributed by atoms with Crippen molar-refractivity contribution < 1.29 is 22.7 Å². The Morgan fingerprint density at radius 2 is 1.71 bits per heavy atom. The van der Waals surface area contributed by atoms with E-state index in [0.717, 1.165) is 18.8 Å². The molecule has 1 aromatic rings. The van der Waals surface area contributed by atoms with Crippen LogP contribution in [0.1, 0.15) is 49.7 Å². The monoisotopic (exact) mass is 509 g/mol. The van der Waals surface area contributed by atoms with E-state index in [1.165, 1.54) is 56.7 Å². The van der Waals surface area contributed by atoms with Gasteiger partial charge in [0, 0.05) is 26.7 Å². The van der Waals surface area contributed by atoms with E-state index < -0.39 is 10.0 Å². The van der Waals surface area contributed by atoms with Crippen molar-refractivity contribution in [2.45, 2.75) is 63.3 Å². The first-order valence-corrected chi connectivity index (χ1v) is 14.2. The highest BCUT2D eigenvalue weighted by Gasteiger charge is 2.28. The largest absolute Gasteiger partial charge is 0.497 e. The highest BCUT2D eigenvalue weighted by Crippen LogP contribution is 2.30. The summed E-state index contributed by atoms with van der Waals surface area (Å²) in [6.45, 7) is 7.57. The van der Waals surface area contributed by atoms with Crippen LogP contribution in [0.2, 0.25) is 0 Å². The number of likely N-dealkylation sites (tertiary alicyclic amines) is 1. The van der Waals surface area contributed by atoms with Crippen molar-refractivity contribution >= 4 is 15.9 Å². The average Bonchev–Trinajstić information content (AvgIpc) is 2.79. The lowest BCUT2D eigenvalue weighted by atomic mass is 9.83. The Hall–Kier alpha value is -1.68. The number of hydrogen-bond donors (Lipinski definition) is 0. The smallest absolute Gasteiger partial charge is 0.248 e. The van der Waals surface area contributed by atoms with Gasteiger partial charge in [0.2, 0.25) is 15.9 Å². The number of nitrogens with zero attached hydrogens (tertiary/aromatic N) is 3. The second-order valence-electron chi connectivity index (χ2n) is 10.1. The van der Waals surface area contributed by atoms with Crippen LogP contribution in [0.15, 0.2) is 17.0 Å². The molecule has 198 valence electrons. The van der Waals surface area contributed by atoms with Crippen LogP contribution in [0.25, 0.3) is 0 Å². The fourth-order valence-electron chi connectivity index (χ4n) is 5.16. The van der Waals surface area contributed by atoms with Gasteiger partial charge >= 0.3 is 0 Å². The summed E-state index contributed by atoms with van der Waals surface area (Å²) in [7, 11) is 1.29. The van der Waals surface area contributed by atoms with E-state index in [0.29, 0.717) is 16.9 Å². The number of methoxy groups -OCH3 is 1. The van der Waals surface area contributed by atoms with E-state index in [1.54, 1.807) is 33.1 Å². The van der Waals surface area contributed by atoms with Crippen LogP contribution < -0.4 is 4.74 Å². The SMILES string of the molecule is COc1cc(C)c(S(=O)(=O)N(C)CCOCC(=O)N(C)C2CCC(CCN3CCC3)CC2)c(C)c1. The summed E-state index contributed by atoms with van der Waals surface area (Å²) in [4.78, 5) is 17.3. The van der Waals surface area contributed by atoms with Crippen molar-refractivity contribution in [3.63, 3.8) is 0 Å². The summed E-state index contributed by atoms with van der Waals surface area (Å²) in [6, 6.07) is 3.72. The molecule has 0 radical (unpaired) electrons. The van der Waals surface area contributed by atoms with Crippen LogP contribution in [0.3, 0.4) is 0 Å². The van der Waals surface area contributed by atoms with E-state index in [9.17, 15) is 13.2 Å². The van der Waals surface area contributed by atoms with E-state index >= 15 is 0 Å². The van der Waals surface area contributed by atoms with Crippen molar-refractivity contribution in [3.8, 4) is 5.75 Å². The Morgan fingerprint density at radius 3 is 2.26 bits per heavy atom. The third-order valence-corrected chi connectivity index (χ3v) is 9.84. The van der Waals surface area contributed by atoms with Gasteiger partial charge in [-0.25, -0.2) is 8.42 Å². The highest BCUT2D eigenvalue weighted by molar-refractivity contribution is 7.89. The Kier molecular flexibility index (Phi) is 9.98. The summed E-state index contributed by atoms with van der Waals surface area (Å²) in [5.74, 6) is 1.37. The molecule has 1 heterocycles. The van der Waals surface area contributed by atoms with Gasteiger partial charge in [-0.1, -0.05) is 0 Å². The molecule has 2 fully saturated rings. The summed E-state index contributed by atoms with van der Waals surface area (Å²) in [5, 5.41) is 0. The highest BCUT2D eigenvalue weighted by atomic mass is 32.2. The van der Waals surface area contributed by atoms with Gasteiger partial charge in [0.25, 0.3) is 0 Å². The molecule has 1 aliphatic heterocycles. The lowest BCUT2D eigenvalue weighted by Gasteiger charge is -2.36. The first-order chi connectivity index (χ1) is 16.6. The van der Waals surface area contributed by atoms with Crippen LogP contribution in [0, 0.1) is 19.8 Å². The molecule has 0 unspecified atom stereocenters. The zero-order valence-electron chi connectivity index (χ0n) is 22.1. The van der Waals surface area contributed by atoms with E-state index in [1.807, 2.05) is 11.9 Å². The molecule has 1 amide bonds. The van der Waals surface area contributed by atoms with E-state index in [-0.39, 0.29) is 36.6 Å². The third-order valence-electron chi connectivity index (χ3n) is 7.67. The molecule has 1 saturated carbocycles. The Balaban J connectivity index is 1.39. The van der Waals surface area contributed by atoms with Gasteiger partial charge < -0.3 is 19.3 Å². The zero-order valence-corrected chi connectivity index (χ0v) is 22.9. The predicted octanol–water partition coefficient (Wildman–Crippen LogP) is 3.06. The molecule has 1 saturated heterocycles. The summed E-state index contributed by atoms with van der Waals surface area (Å²) < 4.78 is 38.3. The number of ether oxygens (including phenoxy) is 2. The number of carbonyl (C=O) groups excluding carboxylic acids is 1. The first kappa shape index (κ1) is 27.9. The number of likely N-dealkylation sites (N-methyl/N-ethyl adjacent to an activating group) is 2. The molecule has 3 rings (SSSR count). The number of aryl methyl sites for hydroxylation is 2. The molecule has 0 atom stereocenters. The van der Waals surface area contributed by atoms with Crippen molar-refractivity contribution in [2.24, 2.45) is 5.92 Å². The standard InChI is InChI=1S/C26H43N3O5S/c1-20-17-24(33-5)18-21(2)26(20)35(31,32)27(3)15-16-34-19-25(30)28(4)23-9-7-22(8-10-23)11-14-29-12-6-13-29/h17-18,22-23H,6-16,19H2,1-5H3. The van der Waals surface area contributed by atoms with Gasteiger partial charge in [-0.2, -0.15) is 4.31 Å². The minimum Gasteiger partial charge on any atom is -0.497 e. The van der Waals surface area contributed by atoms with Gasteiger partial charge in [-0.3, -0.25) is 4.79 Å². The molecule has 0 aromatic heterocycles. The molecule has 0 spiro atoms. The molecular weight excluding hydrogens is 466 g/mol.